The molecule has 7 nitrogen and oxygen atoms in total. The molecule has 35 heavy (non-hydrogen) atoms. The lowest BCUT2D eigenvalue weighted by atomic mass is 10.1. The van der Waals surface area contributed by atoms with Crippen molar-refractivity contribution in [3.05, 3.63) is 128 Å². The number of hydrogen-bond acceptors (Lipinski definition) is 6. The first-order chi connectivity index (χ1) is 17.0. The van der Waals surface area contributed by atoms with Crippen molar-refractivity contribution in [1.82, 2.24) is 0 Å². The van der Waals surface area contributed by atoms with E-state index in [0.717, 1.165) is 21.3 Å². The van der Waals surface area contributed by atoms with Crippen LogP contribution in [0.25, 0.3) is 0 Å². The zero-order valence-corrected chi connectivity index (χ0v) is 20.0. The van der Waals surface area contributed by atoms with E-state index >= 15 is 0 Å². The number of non-ortho nitro benzene ring substituents is 1. The Morgan fingerprint density at radius 3 is 2.14 bits per heavy atom. The molecule has 176 valence electrons. The Bertz CT molecular complexity index is 1310. The van der Waals surface area contributed by atoms with Crippen molar-refractivity contribution in [3.8, 4) is 17.2 Å². The number of ether oxygens (including phenoxy) is 3. The first kappa shape index (κ1) is 24.0. The van der Waals surface area contributed by atoms with Gasteiger partial charge in [-0.2, -0.15) is 0 Å². The van der Waals surface area contributed by atoms with Crippen LogP contribution in [0.15, 0.2) is 102 Å². The molecule has 0 aliphatic carbocycles. The smallest absolute Gasteiger partial charge is 0.338 e. The van der Waals surface area contributed by atoms with Crippen LogP contribution in [-0.4, -0.2) is 10.9 Å². The highest BCUT2D eigenvalue weighted by molar-refractivity contribution is 9.10. The van der Waals surface area contributed by atoms with Gasteiger partial charge in [-0.05, 0) is 71.8 Å². The van der Waals surface area contributed by atoms with Crippen molar-refractivity contribution in [2.45, 2.75) is 13.2 Å². The van der Waals surface area contributed by atoms with Gasteiger partial charge in [0.2, 0.25) is 0 Å². The summed E-state index contributed by atoms with van der Waals surface area (Å²) < 4.78 is 17.9. The Kier molecular flexibility index (Phi) is 7.74. The quantitative estimate of drug-likeness (QED) is 0.130. The van der Waals surface area contributed by atoms with Gasteiger partial charge in [0.05, 0.1) is 10.5 Å². The number of hydrogen-bond donors (Lipinski definition) is 0. The number of nitrogens with zero attached hydrogens (tertiary/aromatic N) is 1. The maximum Gasteiger partial charge on any atom is 0.338 e. The number of esters is 1. The van der Waals surface area contributed by atoms with Gasteiger partial charge in [0.25, 0.3) is 5.69 Å². The average Bonchev–Trinajstić information content (AvgIpc) is 2.88. The molecule has 0 bridgehead atoms. The third-order valence-corrected chi connectivity index (χ3v) is 5.49. The van der Waals surface area contributed by atoms with E-state index in [9.17, 15) is 14.9 Å². The van der Waals surface area contributed by atoms with Crippen LogP contribution in [0.1, 0.15) is 21.5 Å². The summed E-state index contributed by atoms with van der Waals surface area (Å²) in [6.45, 7) is 0.462. The average molecular weight is 534 g/mol. The summed E-state index contributed by atoms with van der Waals surface area (Å²) in [5.41, 5.74) is 2.11. The minimum absolute atomic E-state index is 0.0110. The van der Waals surface area contributed by atoms with E-state index in [0.29, 0.717) is 23.7 Å². The SMILES string of the molecule is O=C(OCc1cccc(Oc2ccc([N+](=O)[O-])cc2)c1)c1ccc(COc2ccc(Br)cc2)cc1. The van der Waals surface area contributed by atoms with E-state index in [4.69, 9.17) is 14.2 Å². The lowest BCUT2D eigenvalue weighted by Crippen LogP contribution is -2.05. The topological polar surface area (TPSA) is 87.9 Å². The number of nitro groups is 1. The van der Waals surface area contributed by atoms with Crippen LogP contribution in [0.4, 0.5) is 5.69 Å². The second kappa shape index (κ2) is 11.3. The predicted molar refractivity (Wildman–Crippen MR) is 134 cm³/mol. The molecule has 0 N–H and O–H groups in total. The van der Waals surface area contributed by atoms with Gasteiger partial charge < -0.3 is 14.2 Å². The number of carbonyl (C=O) groups excluding carboxylic acids is 1. The van der Waals surface area contributed by atoms with Crippen LogP contribution in [0, 0.1) is 10.1 Å². The highest BCUT2D eigenvalue weighted by Gasteiger charge is 2.09. The van der Waals surface area contributed by atoms with Crippen LogP contribution in [0.5, 0.6) is 17.2 Å². The lowest BCUT2D eigenvalue weighted by Gasteiger charge is -2.09. The molecule has 0 radical (unpaired) electrons. The second-order valence-electron chi connectivity index (χ2n) is 7.52. The third-order valence-electron chi connectivity index (χ3n) is 4.96. The molecular formula is C27H20BrNO6. The van der Waals surface area contributed by atoms with Crippen molar-refractivity contribution in [3.63, 3.8) is 0 Å². The van der Waals surface area contributed by atoms with Crippen LogP contribution >= 0.6 is 15.9 Å². The molecule has 0 aliphatic heterocycles. The summed E-state index contributed by atoms with van der Waals surface area (Å²) in [6, 6.07) is 27.5. The van der Waals surface area contributed by atoms with Gasteiger partial charge in [-0.3, -0.25) is 10.1 Å². The molecule has 4 aromatic rings. The first-order valence-corrected chi connectivity index (χ1v) is 11.4. The summed E-state index contributed by atoms with van der Waals surface area (Å²) in [5, 5.41) is 10.8. The largest absolute Gasteiger partial charge is 0.489 e. The predicted octanol–water partition coefficient (Wildman–Crippen LogP) is 7.09. The fourth-order valence-corrected chi connectivity index (χ4v) is 3.40. The lowest BCUT2D eigenvalue weighted by molar-refractivity contribution is -0.384. The Labute approximate surface area is 210 Å². The molecule has 4 rings (SSSR count). The number of benzene rings is 4. The van der Waals surface area contributed by atoms with E-state index in [2.05, 4.69) is 15.9 Å². The monoisotopic (exact) mass is 533 g/mol. The Morgan fingerprint density at radius 1 is 0.771 bits per heavy atom. The van der Waals surface area contributed by atoms with Crippen molar-refractivity contribution >= 4 is 27.6 Å². The highest BCUT2D eigenvalue weighted by atomic mass is 79.9. The molecule has 0 aromatic heterocycles. The van der Waals surface area contributed by atoms with Gasteiger partial charge in [0, 0.05) is 16.6 Å². The van der Waals surface area contributed by atoms with E-state index in [1.165, 1.54) is 24.3 Å². The molecule has 0 saturated carbocycles. The van der Waals surface area contributed by atoms with Gasteiger partial charge >= 0.3 is 5.97 Å². The van der Waals surface area contributed by atoms with Crippen molar-refractivity contribution in [2.75, 3.05) is 0 Å². The van der Waals surface area contributed by atoms with E-state index in [1.807, 2.05) is 42.5 Å². The number of carbonyl (C=O) groups is 1. The molecule has 0 spiro atoms. The Balaban J connectivity index is 1.29. The summed E-state index contributed by atoms with van der Waals surface area (Å²) in [4.78, 5) is 22.8. The Hall–Kier alpha value is -4.17. The molecule has 4 aromatic carbocycles. The zero-order valence-electron chi connectivity index (χ0n) is 18.4. The molecule has 0 saturated heterocycles. The molecule has 0 atom stereocenters. The van der Waals surface area contributed by atoms with Gasteiger partial charge in [-0.1, -0.05) is 40.2 Å². The van der Waals surface area contributed by atoms with Crippen LogP contribution in [0.2, 0.25) is 0 Å². The molecular weight excluding hydrogens is 514 g/mol. The molecule has 8 heteroatoms. The van der Waals surface area contributed by atoms with Gasteiger partial charge in [0.1, 0.15) is 30.5 Å². The third kappa shape index (κ3) is 6.91. The van der Waals surface area contributed by atoms with Gasteiger partial charge in [-0.15, -0.1) is 0 Å². The number of rotatable bonds is 9. The van der Waals surface area contributed by atoms with Crippen LogP contribution < -0.4 is 9.47 Å². The number of halogens is 1. The fourth-order valence-electron chi connectivity index (χ4n) is 3.14. The Morgan fingerprint density at radius 2 is 1.46 bits per heavy atom. The number of nitro benzene ring substituents is 1. The van der Waals surface area contributed by atoms with E-state index in [1.54, 1.807) is 30.3 Å². The standard InChI is InChI=1S/C27H20BrNO6/c28-22-8-12-24(13-9-22)33-17-19-4-6-21(7-5-19)27(30)34-18-20-2-1-3-26(16-20)35-25-14-10-23(11-15-25)29(31)32/h1-16H,17-18H2. The summed E-state index contributed by atoms with van der Waals surface area (Å²) >= 11 is 3.39. The highest BCUT2D eigenvalue weighted by Crippen LogP contribution is 2.25. The van der Waals surface area contributed by atoms with Crippen LogP contribution in [-0.2, 0) is 18.0 Å². The summed E-state index contributed by atoms with van der Waals surface area (Å²) in [6.07, 6.45) is 0. The molecule has 0 fully saturated rings. The zero-order chi connectivity index (χ0) is 24.6. The molecule has 0 heterocycles. The molecule has 0 unspecified atom stereocenters. The molecule has 0 amide bonds. The maximum absolute atomic E-state index is 12.5. The van der Waals surface area contributed by atoms with Crippen molar-refractivity contribution in [1.29, 1.82) is 0 Å². The van der Waals surface area contributed by atoms with E-state index in [-0.39, 0.29) is 12.3 Å². The fraction of sp³-hybridized carbons (Fsp3) is 0.0741. The van der Waals surface area contributed by atoms with Gasteiger partial charge in [-0.25, -0.2) is 4.79 Å². The minimum atomic E-state index is -0.468. The maximum atomic E-state index is 12.5. The minimum Gasteiger partial charge on any atom is -0.489 e. The van der Waals surface area contributed by atoms with Crippen LogP contribution in [0.3, 0.4) is 0 Å². The second-order valence-corrected chi connectivity index (χ2v) is 8.43. The van der Waals surface area contributed by atoms with Gasteiger partial charge in [0.15, 0.2) is 0 Å². The van der Waals surface area contributed by atoms with E-state index < -0.39 is 10.9 Å². The normalized spacial score (nSPS) is 10.4. The summed E-state index contributed by atoms with van der Waals surface area (Å²) in [7, 11) is 0. The van der Waals surface area contributed by atoms with Crippen molar-refractivity contribution in [2.24, 2.45) is 0 Å². The van der Waals surface area contributed by atoms with Crippen molar-refractivity contribution < 1.29 is 23.9 Å². The first-order valence-electron chi connectivity index (χ1n) is 10.6. The molecule has 0 aliphatic rings. The summed E-state index contributed by atoms with van der Waals surface area (Å²) in [5.74, 6) is 1.32.